The molecule has 2 amide bonds. The smallest absolute Gasteiger partial charge is 0.431 e. The molecule has 1 aromatic rings. The zero-order valence-electron chi connectivity index (χ0n) is 36.1. The fourth-order valence-electron chi connectivity index (χ4n) is 4.95. The van der Waals surface area contributed by atoms with E-state index in [0.717, 1.165) is 5.56 Å². The summed E-state index contributed by atoms with van der Waals surface area (Å²) in [5, 5.41) is 2.68. The fourth-order valence-corrected chi connectivity index (χ4v) is 4.95. The number of carbonyl (C=O) groups is 6. The Morgan fingerprint density at radius 2 is 0.929 bits per heavy atom. The molecule has 0 aliphatic rings. The molecule has 2 N–H and O–H groups in total. The zero-order chi connectivity index (χ0) is 43.3. The molecule has 0 bridgehead atoms. The Balaban J connectivity index is 3.52. The third-order valence-electron chi connectivity index (χ3n) is 6.50. The number of nitrogens with one attached hydrogen (secondary N) is 2. The van der Waals surface area contributed by atoms with E-state index in [0.29, 0.717) is 5.69 Å². The van der Waals surface area contributed by atoms with Crippen LogP contribution in [-0.2, 0) is 58.9 Å². The Kier molecular flexibility index (Phi) is 18.4. The van der Waals surface area contributed by atoms with Crippen LogP contribution in [0.4, 0.5) is 10.5 Å². The zero-order valence-corrected chi connectivity index (χ0v) is 36.1. The normalized spacial score (nSPS) is 13.1. The lowest BCUT2D eigenvalue weighted by Gasteiger charge is -2.36. The van der Waals surface area contributed by atoms with Crippen molar-refractivity contribution in [2.24, 2.45) is 0 Å². The van der Waals surface area contributed by atoms with Gasteiger partial charge in [0.25, 0.3) is 5.91 Å². The van der Waals surface area contributed by atoms with Gasteiger partial charge in [-0.2, -0.15) is 5.48 Å². The van der Waals surface area contributed by atoms with Crippen molar-refractivity contribution in [1.82, 2.24) is 15.3 Å². The minimum Gasteiger partial charge on any atom is -0.459 e. The molecule has 0 saturated heterocycles. The van der Waals surface area contributed by atoms with Gasteiger partial charge in [0.15, 0.2) is 6.61 Å². The van der Waals surface area contributed by atoms with Crippen LogP contribution < -0.4 is 10.8 Å². The Labute approximate surface area is 332 Å². The third-order valence-corrected chi connectivity index (χ3v) is 6.50. The van der Waals surface area contributed by atoms with Crippen molar-refractivity contribution in [3.05, 3.63) is 29.8 Å². The van der Waals surface area contributed by atoms with Crippen LogP contribution in [0.3, 0.4) is 0 Å². The van der Waals surface area contributed by atoms with Crippen molar-refractivity contribution in [2.75, 3.05) is 44.6 Å². The molecule has 16 heteroatoms. The van der Waals surface area contributed by atoms with Gasteiger partial charge in [-0.3, -0.25) is 38.6 Å². The predicted octanol–water partition coefficient (Wildman–Crippen LogP) is 4.96. The second-order valence-electron chi connectivity index (χ2n) is 18.4. The highest BCUT2D eigenvalue weighted by atomic mass is 16.7. The van der Waals surface area contributed by atoms with Gasteiger partial charge in [0.05, 0.1) is 26.2 Å². The predicted molar refractivity (Wildman–Crippen MR) is 209 cm³/mol. The largest absolute Gasteiger partial charge is 0.459 e. The number of amides is 2. The van der Waals surface area contributed by atoms with Gasteiger partial charge in [-0.15, -0.1) is 0 Å². The lowest BCUT2D eigenvalue weighted by molar-refractivity contribution is -0.165. The first-order valence-corrected chi connectivity index (χ1v) is 18.6. The van der Waals surface area contributed by atoms with E-state index in [2.05, 4.69) is 10.8 Å². The summed E-state index contributed by atoms with van der Waals surface area (Å²) in [4.78, 5) is 85.3. The molecule has 1 rings (SSSR count). The van der Waals surface area contributed by atoms with E-state index in [1.807, 2.05) is 0 Å². The number of hydrogen-bond donors (Lipinski definition) is 2. The minimum absolute atomic E-state index is 0.00452. The number of rotatable bonds is 17. The third kappa shape index (κ3) is 25.0. The summed E-state index contributed by atoms with van der Waals surface area (Å²) in [7, 11) is 0. The molecule has 0 aliphatic carbocycles. The van der Waals surface area contributed by atoms with Crippen LogP contribution in [0.5, 0.6) is 0 Å². The van der Waals surface area contributed by atoms with Gasteiger partial charge in [-0.25, -0.2) is 4.79 Å². The first-order chi connectivity index (χ1) is 25.3. The van der Waals surface area contributed by atoms with Crippen LogP contribution in [0.15, 0.2) is 24.3 Å². The topological polar surface area (TPSA) is 188 Å². The van der Waals surface area contributed by atoms with Gasteiger partial charge in [-0.05, 0) is 128 Å². The highest BCUT2D eigenvalue weighted by Crippen LogP contribution is 2.19. The maximum atomic E-state index is 13.3. The summed E-state index contributed by atoms with van der Waals surface area (Å²) < 4.78 is 27.5. The van der Waals surface area contributed by atoms with Crippen molar-refractivity contribution in [3.8, 4) is 0 Å². The van der Waals surface area contributed by atoms with Crippen LogP contribution >= 0.6 is 0 Å². The van der Waals surface area contributed by atoms with Crippen LogP contribution in [0.25, 0.3) is 0 Å². The summed E-state index contributed by atoms with van der Waals surface area (Å²) in [5.41, 5.74) is -0.776. The Morgan fingerprint density at radius 1 is 0.554 bits per heavy atom. The molecule has 16 nitrogen and oxygen atoms in total. The van der Waals surface area contributed by atoms with E-state index in [1.165, 1.54) is 0 Å². The summed E-state index contributed by atoms with van der Waals surface area (Å²) in [5.74, 6) is -2.92. The van der Waals surface area contributed by atoms with Gasteiger partial charge in [-0.1, -0.05) is 12.1 Å². The molecule has 0 aromatic heterocycles. The molecule has 0 radical (unpaired) electrons. The van der Waals surface area contributed by atoms with Crippen molar-refractivity contribution < 1.29 is 57.3 Å². The van der Waals surface area contributed by atoms with Crippen molar-refractivity contribution in [1.29, 1.82) is 0 Å². The average molecular weight is 795 g/mol. The molecular weight excluding hydrogens is 728 g/mol. The molecule has 0 saturated carbocycles. The second-order valence-corrected chi connectivity index (χ2v) is 18.4. The number of benzene rings is 1. The highest BCUT2D eigenvalue weighted by molar-refractivity contribution is 5.91. The summed E-state index contributed by atoms with van der Waals surface area (Å²) >= 11 is 0. The SMILES string of the molecule is CC(C)(C)OC(=O)CN(CC(=O)OC(C)(C)C)C[C@H](Cc1ccc(NC(=O)CONC(=O)OC(C)(C)C)cc1)N(CC(=O)OC(C)(C)C)CC(=O)OC(C)(C)C. The van der Waals surface area contributed by atoms with Crippen LogP contribution in [0, 0.1) is 0 Å². The quantitative estimate of drug-likeness (QED) is 0.122. The number of nitrogens with zero attached hydrogens (tertiary/aromatic N) is 2. The van der Waals surface area contributed by atoms with Gasteiger partial charge < -0.3 is 29.0 Å². The monoisotopic (exact) mass is 794 g/mol. The van der Waals surface area contributed by atoms with Crippen molar-refractivity contribution in [2.45, 2.75) is 144 Å². The number of anilines is 1. The molecular formula is C40H66N4O12. The molecule has 318 valence electrons. The number of hydroxylamine groups is 1. The number of hydrogen-bond acceptors (Lipinski definition) is 14. The average Bonchev–Trinajstić information content (AvgIpc) is 2.92. The number of esters is 4. The van der Waals surface area contributed by atoms with Crippen LogP contribution in [0.1, 0.15) is 109 Å². The molecule has 56 heavy (non-hydrogen) atoms. The molecule has 1 aromatic carbocycles. The van der Waals surface area contributed by atoms with Crippen LogP contribution in [0.2, 0.25) is 0 Å². The van der Waals surface area contributed by atoms with E-state index in [-0.39, 0.29) is 39.1 Å². The lowest BCUT2D eigenvalue weighted by Crippen LogP contribution is -2.52. The number of ether oxygens (including phenoxy) is 5. The van der Waals surface area contributed by atoms with Gasteiger partial charge >= 0.3 is 30.0 Å². The maximum absolute atomic E-state index is 13.3. The van der Waals surface area contributed by atoms with E-state index in [1.54, 1.807) is 138 Å². The first kappa shape index (κ1) is 49.7. The van der Waals surface area contributed by atoms with Gasteiger partial charge in [0, 0.05) is 18.3 Å². The Morgan fingerprint density at radius 3 is 1.30 bits per heavy atom. The number of carbonyl (C=O) groups excluding carboxylic acids is 6. The maximum Gasteiger partial charge on any atom is 0.431 e. The van der Waals surface area contributed by atoms with Crippen molar-refractivity contribution in [3.63, 3.8) is 0 Å². The van der Waals surface area contributed by atoms with Gasteiger partial charge in [0.2, 0.25) is 0 Å². The lowest BCUT2D eigenvalue weighted by atomic mass is 10.0. The van der Waals surface area contributed by atoms with Crippen LogP contribution in [-0.4, -0.2) is 119 Å². The van der Waals surface area contributed by atoms with E-state index >= 15 is 0 Å². The highest BCUT2D eigenvalue weighted by Gasteiger charge is 2.32. The Bertz CT molecular complexity index is 1420. The molecule has 0 spiro atoms. The second kappa shape index (κ2) is 20.8. The summed E-state index contributed by atoms with van der Waals surface area (Å²) in [6.45, 7) is 24.1. The van der Waals surface area contributed by atoms with E-state index < -0.39 is 76.5 Å². The summed E-state index contributed by atoms with van der Waals surface area (Å²) in [6, 6.07) is 6.10. The molecule has 0 unspecified atom stereocenters. The minimum atomic E-state index is -0.840. The van der Waals surface area contributed by atoms with E-state index in [4.69, 9.17) is 28.5 Å². The molecule has 0 aliphatic heterocycles. The van der Waals surface area contributed by atoms with E-state index in [9.17, 15) is 28.8 Å². The fraction of sp³-hybridized carbons (Fsp3) is 0.700. The van der Waals surface area contributed by atoms with Crippen molar-refractivity contribution >= 4 is 41.6 Å². The first-order valence-electron chi connectivity index (χ1n) is 18.6. The molecule has 0 fully saturated rings. The standard InChI is InChI=1S/C40H66N4O12/c1-36(2,3)52-31(46)22-43(23-32(47)53-37(4,5)6)21-29(44(24-33(48)54-38(7,8)9)25-34(49)55-39(10,11)12)20-27-16-18-28(19-17-27)41-30(45)26-51-42-35(50)56-40(13,14)15/h16-19,29H,20-26H2,1-15H3,(H,41,45)(H,42,50)/t29-/m0/s1. The molecule has 1 atom stereocenters. The molecule has 0 heterocycles. The summed E-state index contributed by atoms with van der Waals surface area (Å²) in [6.07, 6.45) is -0.630. The Hall–Kier alpha value is -4.28. The van der Waals surface area contributed by atoms with Gasteiger partial charge in [0.1, 0.15) is 28.0 Å².